The molecule has 108 valence electrons. The summed E-state index contributed by atoms with van der Waals surface area (Å²) in [5, 5.41) is 18.8. The summed E-state index contributed by atoms with van der Waals surface area (Å²) in [6, 6.07) is 3.64. The van der Waals surface area contributed by atoms with Gasteiger partial charge < -0.3 is 5.11 Å². The van der Waals surface area contributed by atoms with E-state index < -0.39 is 31.9 Å². The third kappa shape index (κ3) is 2.15. The van der Waals surface area contributed by atoms with Crippen LogP contribution in [0.15, 0.2) is 23.1 Å². The number of hydrogen-bond donors (Lipinski definition) is 1. The zero-order valence-corrected chi connectivity index (χ0v) is 11.5. The molecule has 0 spiro atoms. The molecule has 0 aromatic heterocycles. The number of carboxylic acid groups (broad SMARTS) is 1. The Hall–Kier alpha value is -1.96. The van der Waals surface area contributed by atoms with Crippen LogP contribution in [0.25, 0.3) is 0 Å². The Bertz CT molecular complexity index is 681. The smallest absolute Gasteiger partial charge is 0.307 e. The van der Waals surface area contributed by atoms with Crippen LogP contribution in [-0.2, 0) is 21.1 Å². The fraction of sp³-hybridized carbons (Fsp3) is 0.417. The second-order valence-electron chi connectivity index (χ2n) is 4.69. The molecule has 1 aromatic rings. The number of carboxylic acids is 1. The van der Waals surface area contributed by atoms with E-state index in [4.69, 9.17) is 5.11 Å². The summed E-state index contributed by atoms with van der Waals surface area (Å²) >= 11 is 0. The molecule has 0 saturated carbocycles. The Balaban J connectivity index is 2.52. The van der Waals surface area contributed by atoms with Gasteiger partial charge in [0.15, 0.2) is 9.84 Å². The van der Waals surface area contributed by atoms with Crippen molar-refractivity contribution in [3.8, 4) is 0 Å². The summed E-state index contributed by atoms with van der Waals surface area (Å²) in [6.07, 6.45) is 0.274. The van der Waals surface area contributed by atoms with E-state index in [2.05, 4.69) is 0 Å². The molecule has 2 unspecified atom stereocenters. The highest BCUT2D eigenvalue weighted by atomic mass is 32.2. The van der Waals surface area contributed by atoms with E-state index in [1.54, 1.807) is 6.92 Å². The van der Waals surface area contributed by atoms with Crippen molar-refractivity contribution in [2.24, 2.45) is 5.92 Å². The number of benzene rings is 1. The molecular formula is C12H13NO6S. The molecule has 8 heteroatoms. The lowest BCUT2D eigenvalue weighted by molar-refractivity contribution is -0.385. The van der Waals surface area contributed by atoms with E-state index >= 15 is 0 Å². The molecule has 1 heterocycles. The van der Waals surface area contributed by atoms with Gasteiger partial charge in [-0.15, -0.1) is 0 Å². The average Bonchev–Trinajstić information content (AvgIpc) is 2.62. The Morgan fingerprint density at radius 3 is 2.70 bits per heavy atom. The molecule has 1 aliphatic rings. The Labute approximate surface area is 115 Å². The Morgan fingerprint density at radius 2 is 2.20 bits per heavy atom. The highest BCUT2D eigenvalue weighted by Gasteiger charge is 2.44. The number of nitro groups is 1. The summed E-state index contributed by atoms with van der Waals surface area (Å²) in [6.45, 7) is 1.61. The van der Waals surface area contributed by atoms with Crippen LogP contribution in [0, 0.1) is 16.0 Å². The third-order valence-electron chi connectivity index (χ3n) is 3.59. The maximum Gasteiger partial charge on any atom is 0.307 e. The zero-order valence-electron chi connectivity index (χ0n) is 10.6. The maximum absolute atomic E-state index is 12.4. The van der Waals surface area contributed by atoms with Gasteiger partial charge in [0.2, 0.25) is 0 Å². The van der Waals surface area contributed by atoms with Crippen LogP contribution in [0.1, 0.15) is 18.9 Å². The molecule has 1 aromatic carbocycles. The first kappa shape index (κ1) is 14.4. The topological polar surface area (TPSA) is 115 Å². The second-order valence-corrected chi connectivity index (χ2v) is 6.83. The predicted molar refractivity (Wildman–Crippen MR) is 69.2 cm³/mol. The molecule has 0 radical (unpaired) electrons. The van der Waals surface area contributed by atoms with Crippen molar-refractivity contribution in [2.45, 2.75) is 29.9 Å². The van der Waals surface area contributed by atoms with Crippen LogP contribution in [0.4, 0.5) is 5.69 Å². The van der Waals surface area contributed by atoms with Crippen molar-refractivity contribution < 1.29 is 23.2 Å². The van der Waals surface area contributed by atoms with Crippen molar-refractivity contribution in [1.29, 1.82) is 0 Å². The first-order valence-electron chi connectivity index (χ1n) is 6.03. The largest absolute Gasteiger partial charge is 0.481 e. The first-order valence-corrected chi connectivity index (χ1v) is 7.57. The Morgan fingerprint density at radius 1 is 1.55 bits per heavy atom. The second kappa shape index (κ2) is 4.86. The van der Waals surface area contributed by atoms with Crippen LogP contribution in [0.2, 0.25) is 0 Å². The number of aliphatic carboxylic acids is 1. The number of nitrogens with zero attached hydrogens (tertiary/aromatic N) is 1. The van der Waals surface area contributed by atoms with Crippen LogP contribution in [0.5, 0.6) is 0 Å². The molecular weight excluding hydrogens is 286 g/mol. The lowest BCUT2D eigenvalue weighted by Crippen LogP contribution is -2.32. The average molecular weight is 299 g/mol. The SMILES string of the molecule is CCC(C(=O)O)C1Cc2ccc([N+](=O)[O-])cc2S1(=O)=O. The number of nitro benzene ring substituents is 1. The number of sulfone groups is 1. The molecule has 7 nitrogen and oxygen atoms in total. The molecule has 2 rings (SSSR count). The molecule has 20 heavy (non-hydrogen) atoms. The summed E-state index contributed by atoms with van der Waals surface area (Å²) in [5.74, 6) is -2.17. The van der Waals surface area contributed by atoms with Crippen LogP contribution in [0.3, 0.4) is 0 Å². The molecule has 2 atom stereocenters. The van der Waals surface area contributed by atoms with Gasteiger partial charge in [-0.3, -0.25) is 14.9 Å². The molecule has 0 amide bonds. The molecule has 1 aliphatic heterocycles. The third-order valence-corrected chi connectivity index (χ3v) is 5.88. The number of non-ortho nitro benzene ring substituents is 1. The summed E-state index contributed by atoms with van der Waals surface area (Å²) in [4.78, 5) is 21.1. The van der Waals surface area contributed by atoms with Crippen LogP contribution < -0.4 is 0 Å². The zero-order chi connectivity index (χ0) is 15.1. The van der Waals surface area contributed by atoms with Crippen molar-refractivity contribution >= 4 is 21.5 Å². The van der Waals surface area contributed by atoms with Crippen LogP contribution >= 0.6 is 0 Å². The van der Waals surface area contributed by atoms with E-state index in [9.17, 15) is 23.3 Å². The number of hydrogen-bond acceptors (Lipinski definition) is 5. The summed E-state index contributed by atoms with van der Waals surface area (Å²) in [5.41, 5.74) is 0.136. The summed E-state index contributed by atoms with van der Waals surface area (Å²) < 4.78 is 24.8. The first-order chi connectivity index (χ1) is 9.28. The van der Waals surface area contributed by atoms with Gasteiger partial charge in [0.25, 0.3) is 5.69 Å². The fourth-order valence-electron chi connectivity index (χ4n) is 2.53. The molecule has 0 saturated heterocycles. The number of fused-ring (bicyclic) bond motifs is 1. The van der Waals surface area contributed by atoms with Gasteiger partial charge >= 0.3 is 5.97 Å². The van der Waals surface area contributed by atoms with Crippen molar-refractivity contribution in [3.05, 3.63) is 33.9 Å². The minimum absolute atomic E-state index is 0.0838. The van der Waals surface area contributed by atoms with Gasteiger partial charge in [-0.1, -0.05) is 13.0 Å². The minimum Gasteiger partial charge on any atom is -0.481 e. The van der Waals surface area contributed by atoms with E-state index in [0.717, 1.165) is 6.07 Å². The predicted octanol–water partition coefficient (Wildman–Crippen LogP) is 1.40. The highest BCUT2D eigenvalue weighted by molar-refractivity contribution is 7.92. The molecule has 0 fully saturated rings. The number of carbonyl (C=O) groups is 1. The van der Waals surface area contributed by atoms with Gasteiger partial charge in [0.05, 0.1) is 21.0 Å². The molecule has 0 bridgehead atoms. The lowest BCUT2D eigenvalue weighted by atomic mass is 9.97. The minimum atomic E-state index is -3.84. The van der Waals surface area contributed by atoms with E-state index in [1.165, 1.54) is 12.1 Å². The number of rotatable bonds is 4. The van der Waals surface area contributed by atoms with Gasteiger partial charge in [-0.05, 0) is 18.4 Å². The van der Waals surface area contributed by atoms with Crippen molar-refractivity contribution in [3.63, 3.8) is 0 Å². The maximum atomic E-state index is 12.4. The molecule has 1 N–H and O–H groups in total. The normalized spacial score (nSPS) is 21.1. The molecule has 0 aliphatic carbocycles. The highest BCUT2D eigenvalue weighted by Crippen LogP contribution is 2.37. The standard InChI is InChI=1S/C12H13NO6S/c1-2-9(12(14)15)11-5-7-3-4-8(13(16)17)6-10(7)20(11,18)19/h3-4,6,9,11H,2,5H2,1H3,(H,14,15). The monoisotopic (exact) mass is 299 g/mol. The Kier molecular flexibility index (Phi) is 3.51. The summed E-state index contributed by atoms with van der Waals surface area (Å²) in [7, 11) is -3.84. The van der Waals surface area contributed by atoms with Gasteiger partial charge in [0.1, 0.15) is 0 Å². The van der Waals surface area contributed by atoms with Gasteiger partial charge in [-0.25, -0.2) is 8.42 Å². The van der Waals surface area contributed by atoms with Gasteiger partial charge in [0, 0.05) is 12.1 Å². The van der Waals surface area contributed by atoms with E-state index in [0.29, 0.717) is 5.56 Å². The van der Waals surface area contributed by atoms with E-state index in [-0.39, 0.29) is 23.4 Å². The van der Waals surface area contributed by atoms with Crippen molar-refractivity contribution in [2.75, 3.05) is 0 Å². The lowest BCUT2D eigenvalue weighted by Gasteiger charge is -2.16. The van der Waals surface area contributed by atoms with E-state index in [1.807, 2.05) is 0 Å². The van der Waals surface area contributed by atoms with Crippen LogP contribution in [-0.4, -0.2) is 29.7 Å². The quantitative estimate of drug-likeness (QED) is 0.664. The fourth-order valence-corrected chi connectivity index (χ4v) is 4.80. The van der Waals surface area contributed by atoms with Gasteiger partial charge in [-0.2, -0.15) is 0 Å². The van der Waals surface area contributed by atoms with Crippen molar-refractivity contribution in [1.82, 2.24) is 0 Å².